The second kappa shape index (κ2) is 11.2. The van der Waals surface area contributed by atoms with Crippen LogP contribution in [-0.2, 0) is 16.1 Å². The molecule has 0 spiro atoms. The van der Waals surface area contributed by atoms with Gasteiger partial charge < -0.3 is 20.0 Å². The standard InChI is InChI=1S/C31H29N7O2S/c1-20-17-37(18-21(2)40-20)41(39)24-12-8-9-22(15-24)30-26(19-38(36-30)23-10-4-3-5-11-23)29(33)25(16-32)31-34-27-13-6-7-14-28(27)35-31/h3-15,19-21H,17-18,33H2,1-2H3,(H,34,35)/b29-25+. The highest BCUT2D eigenvalue weighted by atomic mass is 32.2. The third-order valence-corrected chi connectivity index (χ3v) is 8.39. The average molecular weight is 564 g/mol. The number of nitriles is 1. The number of morpholine rings is 1. The summed E-state index contributed by atoms with van der Waals surface area (Å²) >= 11 is -1.38. The highest BCUT2D eigenvalue weighted by Crippen LogP contribution is 2.33. The first-order valence-electron chi connectivity index (χ1n) is 13.3. The maximum absolute atomic E-state index is 13.6. The summed E-state index contributed by atoms with van der Waals surface area (Å²) in [5, 5.41) is 15.1. The number of nitrogens with two attached hydrogens (primary N) is 1. The van der Waals surface area contributed by atoms with Gasteiger partial charge in [-0.15, -0.1) is 4.31 Å². The summed E-state index contributed by atoms with van der Waals surface area (Å²) < 4.78 is 23.1. The summed E-state index contributed by atoms with van der Waals surface area (Å²) in [6, 6.07) is 27.0. The zero-order chi connectivity index (χ0) is 28.5. The fourth-order valence-corrected chi connectivity index (χ4v) is 6.52. The van der Waals surface area contributed by atoms with Crippen molar-refractivity contribution in [1.29, 1.82) is 5.26 Å². The predicted molar refractivity (Wildman–Crippen MR) is 160 cm³/mol. The van der Waals surface area contributed by atoms with Gasteiger partial charge in [-0.05, 0) is 44.2 Å². The lowest BCUT2D eigenvalue weighted by Crippen LogP contribution is -2.48. The number of aromatic nitrogens is 4. The van der Waals surface area contributed by atoms with E-state index in [1.807, 2.05) is 103 Å². The van der Waals surface area contributed by atoms with Gasteiger partial charge in [-0.3, -0.25) is 0 Å². The van der Waals surface area contributed by atoms with Crippen LogP contribution in [0.1, 0.15) is 25.2 Å². The van der Waals surface area contributed by atoms with E-state index in [-0.39, 0.29) is 23.5 Å². The molecular formula is C31H29N7O2S. The van der Waals surface area contributed by atoms with Gasteiger partial charge in [-0.1, -0.05) is 42.5 Å². The van der Waals surface area contributed by atoms with Gasteiger partial charge in [0, 0.05) is 23.4 Å². The number of fused-ring (bicyclic) bond motifs is 1. The van der Waals surface area contributed by atoms with Gasteiger partial charge in [-0.25, -0.2) is 9.67 Å². The van der Waals surface area contributed by atoms with Gasteiger partial charge in [0.05, 0.1) is 59.1 Å². The summed E-state index contributed by atoms with van der Waals surface area (Å²) in [5.74, 6) is 0.384. The minimum Gasteiger partial charge on any atom is -0.593 e. The molecule has 5 aromatic rings. The molecule has 0 aliphatic carbocycles. The first-order valence-corrected chi connectivity index (χ1v) is 14.4. The van der Waals surface area contributed by atoms with Crippen molar-refractivity contribution in [3.63, 3.8) is 0 Å². The van der Waals surface area contributed by atoms with Crippen LogP contribution in [0.15, 0.2) is 90.0 Å². The number of hydrogen-bond acceptors (Lipinski definition) is 7. The Labute approximate surface area is 241 Å². The predicted octanol–water partition coefficient (Wildman–Crippen LogP) is 4.90. The van der Waals surface area contributed by atoms with E-state index in [0.29, 0.717) is 35.1 Å². The van der Waals surface area contributed by atoms with Crippen LogP contribution in [-0.4, -0.2) is 53.9 Å². The number of rotatable bonds is 6. The van der Waals surface area contributed by atoms with Crippen LogP contribution in [0.2, 0.25) is 0 Å². The Hall–Kier alpha value is -4.40. The van der Waals surface area contributed by atoms with E-state index in [4.69, 9.17) is 15.6 Å². The van der Waals surface area contributed by atoms with E-state index < -0.39 is 11.4 Å². The molecule has 41 heavy (non-hydrogen) atoms. The SMILES string of the molecule is CC1CN([S+]([O-])c2cccc(-c3nn(-c4ccccc4)cc3/C(N)=C(/C#N)c3nc4ccccc4[nH]3)c2)CC(C)O1. The summed E-state index contributed by atoms with van der Waals surface area (Å²) in [7, 11) is 0. The molecular weight excluding hydrogens is 534 g/mol. The fraction of sp³-hybridized carbons (Fsp3) is 0.194. The number of nitrogens with one attached hydrogen (secondary N) is 1. The monoisotopic (exact) mass is 563 g/mol. The number of nitrogens with zero attached hydrogens (tertiary/aromatic N) is 5. The van der Waals surface area contributed by atoms with Crippen molar-refractivity contribution < 1.29 is 9.29 Å². The van der Waals surface area contributed by atoms with Gasteiger partial charge in [0.15, 0.2) is 10.7 Å². The zero-order valence-corrected chi connectivity index (χ0v) is 23.5. The van der Waals surface area contributed by atoms with Crippen molar-refractivity contribution in [2.24, 2.45) is 5.73 Å². The summed E-state index contributed by atoms with van der Waals surface area (Å²) in [5.41, 5.74) is 11.5. The van der Waals surface area contributed by atoms with Gasteiger partial charge >= 0.3 is 0 Å². The molecule has 6 rings (SSSR count). The number of allylic oxidation sites excluding steroid dienone is 1. The molecule has 1 saturated heterocycles. The number of ether oxygens (including phenoxy) is 1. The van der Waals surface area contributed by atoms with Crippen LogP contribution in [0.5, 0.6) is 0 Å². The Morgan fingerprint density at radius 3 is 2.51 bits per heavy atom. The van der Waals surface area contributed by atoms with Crippen LogP contribution >= 0.6 is 0 Å². The third kappa shape index (κ3) is 5.36. The lowest BCUT2D eigenvalue weighted by Gasteiger charge is -2.34. The van der Waals surface area contributed by atoms with Crippen molar-refractivity contribution in [3.8, 4) is 23.0 Å². The van der Waals surface area contributed by atoms with E-state index in [0.717, 1.165) is 22.3 Å². The normalized spacial score (nSPS) is 19.1. The van der Waals surface area contributed by atoms with E-state index in [1.165, 1.54) is 0 Å². The molecule has 2 aromatic heterocycles. The Kier molecular flexibility index (Phi) is 7.34. The molecule has 206 valence electrons. The zero-order valence-electron chi connectivity index (χ0n) is 22.7. The Balaban J connectivity index is 1.46. The van der Waals surface area contributed by atoms with Gasteiger partial charge in [0.25, 0.3) is 0 Å². The maximum Gasteiger partial charge on any atom is 0.174 e. The van der Waals surface area contributed by atoms with E-state index in [1.54, 1.807) is 4.68 Å². The first-order chi connectivity index (χ1) is 19.9. The molecule has 3 unspecified atom stereocenters. The number of aromatic amines is 1. The summed E-state index contributed by atoms with van der Waals surface area (Å²) in [4.78, 5) is 8.46. The quantitative estimate of drug-likeness (QED) is 0.222. The number of imidazole rings is 1. The molecule has 1 fully saturated rings. The number of H-pyrrole nitrogens is 1. The molecule has 3 aromatic carbocycles. The van der Waals surface area contributed by atoms with Crippen molar-refractivity contribution >= 4 is 33.7 Å². The lowest BCUT2D eigenvalue weighted by molar-refractivity contribution is -0.0440. The minimum atomic E-state index is -1.38. The van der Waals surface area contributed by atoms with Gasteiger partial charge in [0.1, 0.15) is 17.3 Å². The maximum atomic E-state index is 13.6. The van der Waals surface area contributed by atoms with Crippen molar-refractivity contribution in [2.75, 3.05) is 13.1 Å². The molecule has 3 N–H and O–H groups in total. The van der Waals surface area contributed by atoms with Crippen molar-refractivity contribution in [3.05, 3.63) is 96.4 Å². The molecule has 0 amide bonds. The topological polar surface area (TPSA) is 132 Å². The number of para-hydroxylation sites is 3. The highest BCUT2D eigenvalue weighted by Gasteiger charge is 2.32. The van der Waals surface area contributed by atoms with E-state index in [9.17, 15) is 9.81 Å². The summed E-state index contributed by atoms with van der Waals surface area (Å²) in [6.45, 7) is 5.13. The second-order valence-electron chi connectivity index (χ2n) is 10.1. The third-order valence-electron chi connectivity index (χ3n) is 6.96. The van der Waals surface area contributed by atoms with Crippen LogP contribution in [0.4, 0.5) is 0 Å². The molecule has 10 heteroatoms. The molecule has 9 nitrogen and oxygen atoms in total. The van der Waals surface area contributed by atoms with Gasteiger partial charge in [0.2, 0.25) is 0 Å². The van der Waals surface area contributed by atoms with Crippen LogP contribution in [0.3, 0.4) is 0 Å². The van der Waals surface area contributed by atoms with Crippen LogP contribution in [0, 0.1) is 11.3 Å². The van der Waals surface area contributed by atoms with Crippen LogP contribution < -0.4 is 5.73 Å². The average Bonchev–Trinajstić information content (AvgIpc) is 3.62. The second-order valence-corrected chi connectivity index (χ2v) is 11.5. The molecule has 0 radical (unpaired) electrons. The Morgan fingerprint density at radius 1 is 1.05 bits per heavy atom. The molecule has 3 atom stereocenters. The smallest absolute Gasteiger partial charge is 0.174 e. The van der Waals surface area contributed by atoms with E-state index in [2.05, 4.69) is 16.0 Å². The highest BCUT2D eigenvalue weighted by molar-refractivity contribution is 7.89. The lowest BCUT2D eigenvalue weighted by atomic mass is 10.0. The van der Waals surface area contributed by atoms with Crippen molar-refractivity contribution in [1.82, 2.24) is 24.1 Å². The Bertz CT molecular complexity index is 1730. The first kappa shape index (κ1) is 26.8. The summed E-state index contributed by atoms with van der Waals surface area (Å²) in [6.07, 6.45) is 1.80. The number of benzene rings is 3. The molecule has 1 aliphatic rings. The fourth-order valence-electron chi connectivity index (χ4n) is 5.11. The molecule has 1 aliphatic heterocycles. The van der Waals surface area contributed by atoms with Gasteiger partial charge in [-0.2, -0.15) is 10.4 Å². The molecule has 0 saturated carbocycles. The minimum absolute atomic E-state index is 0.00774. The Morgan fingerprint density at radius 2 is 1.78 bits per heavy atom. The van der Waals surface area contributed by atoms with Crippen molar-refractivity contribution in [2.45, 2.75) is 31.0 Å². The largest absolute Gasteiger partial charge is 0.593 e. The molecule has 0 bridgehead atoms. The van der Waals surface area contributed by atoms with Crippen LogP contribution in [0.25, 0.3) is 39.2 Å². The number of hydrogen-bond donors (Lipinski definition) is 2. The molecule has 3 heterocycles. The van der Waals surface area contributed by atoms with E-state index >= 15 is 0 Å².